The molecule has 1 saturated heterocycles. The molecular formula is C24H24F3N7O2. The molecular weight excluding hydrogens is 475 g/mol. The van der Waals surface area contributed by atoms with Gasteiger partial charge in [-0.15, -0.1) is 0 Å². The van der Waals surface area contributed by atoms with E-state index in [2.05, 4.69) is 20.5 Å². The molecule has 1 aromatic carbocycles. The van der Waals surface area contributed by atoms with E-state index in [1.54, 1.807) is 18.8 Å². The Morgan fingerprint density at radius 1 is 1.14 bits per heavy atom. The topological polar surface area (TPSA) is 87.9 Å². The van der Waals surface area contributed by atoms with E-state index in [1.165, 1.54) is 34.3 Å². The molecule has 0 bridgehead atoms. The molecule has 0 radical (unpaired) electrons. The second kappa shape index (κ2) is 9.17. The largest absolute Gasteiger partial charge is 0.483 e. The number of carbonyl (C=O) groups is 1. The molecule has 0 spiro atoms. The van der Waals surface area contributed by atoms with E-state index in [9.17, 15) is 18.0 Å². The van der Waals surface area contributed by atoms with Crippen LogP contribution in [0.4, 0.5) is 23.8 Å². The average molecular weight is 499 g/mol. The molecule has 2 aromatic heterocycles. The fourth-order valence-electron chi connectivity index (χ4n) is 4.50. The number of ether oxygens (including phenoxy) is 1. The van der Waals surface area contributed by atoms with Crippen LogP contribution in [-0.2, 0) is 7.05 Å². The van der Waals surface area contributed by atoms with Crippen molar-refractivity contribution in [2.75, 3.05) is 25.5 Å². The molecule has 1 fully saturated rings. The number of amides is 2. The highest BCUT2D eigenvalue weighted by Gasteiger charge is 2.39. The molecule has 36 heavy (non-hydrogen) atoms. The molecule has 2 aliphatic heterocycles. The van der Waals surface area contributed by atoms with Gasteiger partial charge in [-0.3, -0.25) is 9.67 Å². The third-order valence-electron chi connectivity index (χ3n) is 6.29. The van der Waals surface area contributed by atoms with Crippen LogP contribution in [-0.4, -0.2) is 63.2 Å². The third kappa shape index (κ3) is 4.23. The number of aryl methyl sites for hydroxylation is 1. The smallest absolute Gasteiger partial charge is 0.341 e. The van der Waals surface area contributed by atoms with E-state index in [0.717, 1.165) is 23.5 Å². The van der Waals surface area contributed by atoms with Crippen LogP contribution in [0, 0.1) is 24.4 Å². The Morgan fingerprint density at radius 2 is 1.86 bits per heavy atom. The van der Waals surface area contributed by atoms with Crippen molar-refractivity contribution in [2.45, 2.75) is 25.5 Å². The molecule has 0 aliphatic carbocycles. The lowest BCUT2D eigenvalue weighted by molar-refractivity contribution is 0.0256. The molecule has 9 nitrogen and oxygen atoms in total. The van der Waals surface area contributed by atoms with Crippen LogP contribution in [0.15, 0.2) is 35.6 Å². The summed E-state index contributed by atoms with van der Waals surface area (Å²) in [6.45, 7) is 2.31. The van der Waals surface area contributed by atoms with Crippen molar-refractivity contribution in [1.82, 2.24) is 24.7 Å². The van der Waals surface area contributed by atoms with Gasteiger partial charge in [-0.1, -0.05) is 0 Å². The Morgan fingerprint density at radius 3 is 2.53 bits per heavy atom. The maximum Gasteiger partial charge on any atom is 0.341 e. The van der Waals surface area contributed by atoms with Gasteiger partial charge in [0.1, 0.15) is 17.7 Å². The second-order valence-electron chi connectivity index (χ2n) is 8.72. The normalized spacial score (nSPS) is 17.4. The van der Waals surface area contributed by atoms with Crippen molar-refractivity contribution in [3.05, 3.63) is 59.0 Å². The number of rotatable bonds is 5. The van der Waals surface area contributed by atoms with Crippen LogP contribution in [0.3, 0.4) is 0 Å². The summed E-state index contributed by atoms with van der Waals surface area (Å²) in [6.07, 6.45) is 2.54. The number of likely N-dealkylation sites (tertiary alicyclic amines) is 1. The van der Waals surface area contributed by atoms with Crippen molar-refractivity contribution >= 4 is 18.1 Å². The maximum atomic E-state index is 14.5. The Bertz CT molecular complexity index is 1330. The fraction of sp³-hybridized carbons (Fsp3) is 0.333. The van der Waals surface area contributed by atoms with Crippen LogP contribution in [0.1, 0.15) is 23.6 Å². The summed E-state index contributed by atoms with van der Waals surface area (Å²) >= 11 is 0. The van der Waals surface area contributed by atoms with E-state index in [1.807, 2.05) is 6.92 Å². The number of carbonyl (C=O) groups excluding carboxylic acids is 1. The lowest BCUT2D eigenvalue weighted by Gasteiger charge is -2.41. The van der Waals surface area contributed by atoms with E-state index in [-0.39, 0.29) is 18.8 Å². The first-order valence-electron chi connectivity index (χ1n) is 11.4. The first kappa shape index (κ1) is 23.6. The van der Waals surface area contributed by atoms with Gasteiger partial charge in [0.15, 0.2) is 17.4 Å². The van der Waals surface area contributed by atoms with Crippen LogP contribution in [0.5, 0.6) is 5.75 Å². The van der Waals surface area contributed by atoms with Gasteiger partial charge in [-0.05, 0) is 24.6 Å². The molecule has 5 rings (SSSR count). The minimum Gasteiger partial charge on any atom is -0.483 e. The van der Waals surface area contributed by atoms with Gasteiger partial charge in [0.25, 0.3) is 0 Å². The number of nitrogens with zero attached hydrogens (tertiary/aromatic N) is 6. The van der Waals surface area contributed by atoms with E-state index in [4.69, 9.17) is 4.74 Å². The summed E-state index contributed by atoms with van der Waals surface area (Å²) in [6, 6.07) is 3.66. The second-order valence-corrected chi connectivity index (χ2v) is 8.72. The van der Waals surface area contributed by atoms with E-state index < -0.39 is 35.6 Å². The fourth-order valence-corrected chi connectivity index (χ4v) is 4.50. The van der Waals surface area contributed by atoms with Crippen molar-refractivity contribution in [1.29, 1.82) is 0 Å². The minimum absolute atomic E-state index is 0.0241. The standard InChI is InChI=1S/C24H24F3N7O2/c1-13-22(32(3)31-23(13)28-2)19-9-21(18(27)10-29-19)36-17-11-33(12-17)24(35)34-20(4-5-30-34)14-6-15(25)8-16(26)7-14/h5-10,17,20H,4,11-12H2,1-3H3,(H,28,31). The predicted octanol–water partition coefficient (Wildman–Crippen LogP) is 3.87. The van der Waals surface area contributed by atoms with Gasteiger partial charge in [0, 0.05) is 44.4 Å². The summed E-state index contributed by atoms with van der Waals surface area (Å²) in [7, 11) is 3.54. The molecule has 1 unspecified atom stereocenters. The zero-order valence-electron chi connectivity index (χ0n) is 19.9. The SMILES string of the molecule is CNc1nn(C)c(-c2cc(OC3CN(C(=O)N4N=CCC4c4cc(F)cc(F)c4)C3)c(F)cn2)c1C. The van der Waals surface area contributed by atoms with Crippen molar-refractivity contribution in [3.8, 4) is 17.1 Å². The van der Waals surface area contributed by atoms with Crippen molar-refractivity contribution < 1.29 is 22.7 Å². The van der Waals surface area contributed by atoms with Crippen LogP contribution >= 0.6 is 0 Å². The summed E-state index contributed by atoms with van der Waals surface area (Å²) < 4.78 is 49.3. The number of urea groups is 1. The van der Waals surface area contributed by atoms with Crippen molar-refractivity contribution in [2.24, 2.45) is 12.1 Å². The minimum atomic E-state index is -0.719. The van der Waals surface area contributed by atoms with Gasteiger partial charge in [-0.2, -0.15) is 10.2 Å². The molecule has 1 atom stereocenters. The van der Waals surface area contributed by atoms with E-state index >= 15 is 0 Å². The maximum absolute atomic E-state index is 14.5. The first-order valence-corrected chi connectivity index (χ1v) is 11.4. The Balaban J connectivity index is 1.26. The Labute approximate surface area is 205 Å². The van der Waals surface area contributed by atoms with Gasteiger partial charge in [0.05, 0.1) is 36.7 Å². The highest BCUT2D eigenvalue weighted by Crippen LogP contribution is 2.33. The number of hydrogen-bond acceptors (Lipinski definition) is 6. The number of aromatic nitrogens is 3. The number of halogens is 3. The molecule has 188 valence electrons. The number of nitrogens with one attached hydrogen (secondary N) is 1. The number of hydrazone groups is 1. The van der Waals surface area contributed by atoms with Crippen LogP contribution < -0.4 is 10.1 Å². The summed E-state index contributed by atoms with van der Waals surface area (Å²) in [5, 5.41) is 12.7. The molecule has 3 aromatic rings. The summed E-state index contributed by atoms with van der Waals surface area (Å²) in [4.78, 5) is 18.7. The average Bonchev–Trinajstić information content (AvgIpc) is 3.40. The molecule has 12 heteroatoms. The third-order valence-corrected chi connectivity index (χ3v) is 6.29. The highest BCUT2D eigenvalue weighted by molar-refractivity contribution is 5.79. The zero-order chi connectivity index (χ0) is 25.6. The predicted molar refractivity (Wildman–Crippen MR) is 126 cm³/mol. The van der Waals surface area contributed by atoms with Gasteiger partial charge in [-0.25, -0.2) is 23.0 Å². The molecule has 0 saturated carbocycles. The molecule has 1 N–H and O–H groups in total. The molecule has 2 aliphatic rings. The number of pyridine rings is 1. The van der Waals surface area contributed by atoms with Crippen LogP contribution in [0.2, 0.25) is 0 Å². The lowest BCUT2D eigenvalue weighted by atomic mass is 10.0. The lowest BCUT2D eigenvalue weighted by Crippen LogP contribution is -2.58. The molecule has 2 amide bonds. The number of anilines is 1. The summed E-state index contributed by atoms with van der Waals surface area (Å²) in [5.41, 5.74) is 2.42. The zero-order valence-corrected chi connectivity index (χ0v) is 19.9. The monoisotopic (exact) mass is 499 g/mol. The Hall–Kier alpha value is -4.09. The molecule has 4 heterocycles. The first-order chi connectivity index (χ1) is 17.2. The van der Waals surface area contributed by atoms with E-state index in [0.29, 0.717) is 23.5 Å². The van der Waals surface area contributed by atoms with Gasteiger partial charge < -0.3 is 15.0 Å². The van der Waals surface area contributed by atoms with Crippen molar-refractivity contribution in [3.63, 3.8) is 0 Å². The Kier molecular flexibility index (Phi) is 6.02. The van der Waals surface area contributed by atoms with Gasteiger partial charge in [0.2, 0.25) is 0 Å². The summed E-state index contributed by atoms with van der Waals surface area (Å²) in [5.74, 6) is -1.34. The number of hydrogen-bond donors (Lipinski definition) is 1. The quantitative estimate of drug-likeness (QED) is 0.576. The number of benzene rings is 1. The van der Waals surface area contributed by atoms with Crippen LogP contribution in [0.25, 0.3) is 11.4 Å². The van der Waals surface area contributed by atoms with Gasteiger partial charge >= 0.3 is 6.03 Å². The highest BCUT2D eigenvalue weighted by atomic mass is 19.1.